The fraction of sp³-hybridized carbons (Fsp3) is 0.556. The number of ether oxygens (including phenoxy) is 1. The zero-order chi connectivity index (χ0) is 18.1. The molecule has 1 atom stereocenters. The van der Waals surface area contributed by atoms with E-state index >= 15 is 0 Å². The van der Waals surface area contributed by atoms with Crippen LogP contribution in [0, 0.1) is 6.92 Å². The highest BCUT2D eigenvalue weighted by Crippen LogP contribution is 2.23. The van der Waals surface area contributed by atoms with E-state index in [1.165, 1.54) is 0 Å². The van der Waals surface area contributed by atoms with Crippen LogP contribution in [-0.2, 0) is 4.74 Å². The van der Waals surface area contributed by atoms with E-state index in [9.17, 15) is 14.7 Å². The van der Waals surface area contributed by atoms with Crippen molar-refractivity contribution in [2.75, 3.05) is 19.6 Å². The lowest BCUT2D eigenvalue weighted by Crippen LogP contribution is -2.56. The summed E-state index contributed by atoms with van der Waals surface area (Å²) in [7, 11) is 0. The second-order valence-corrected chi connectivity index (χ2v) is 7.22. The highest BCUT2D eigenvalue weighted by Gasteiger charge is 2.32. The van der Waals surface area contributed by atoms with Crippen LogP contribution >= 0.6 is 0 Å². The van der Waals surface area contributed by atoms with Crippen molar-refractivity contribution in [3.63, 3.8) is 0 Å². The Balaban J connectivity index is 2.07. The monoisotopic (exact) mass is 334 g/mol. The molecule has 0 unspecified atom stereocenters. The molecular weight excluding hydrogens is 308 g/mol. The van der Waals surface area contributed by atoms with Crippen LogP contribution in [0.15, 0.2) is 18.2 Å². The summed E-state index contributed by atoms with van der Waals surface area (Å²) in [6, 6.07) is 4.82. The first kappa shape index (κ1) is 18.1. The SMILES string of the molecule is Cc1c(O)cccc1C(=O)N1CCN(C(=O)OC(C)(C)C)C[C@@H]1C. The Kier molecular flexibility index (Phi) is 5.06. The number of hydrogen-bond acceptors (Lipinski definition) is 4. The number of benzene rings is 1. The molecule has 6 nitrogen and oxygen atoms in total. The standard InChI is InChI=1S/C18H26N2O4/c1-12-11-19(17(23)24-18(3,4)5)9-10-20(12)16(22)14-7-6-8-15(21)13(14)2/h6-8,12,21H,9-11H2,1-5H3/t12-/m0/s1. The molecule has 1 aliphatic rings. The van der Waals surface area contributed by atoms with E-state index in [0.29, 0.717) is 30.8 Å². The zero-order valence-electron chi connectivity index (χ0n) is 15.0. The summed E-state index contributed by atoms with van der Waals surface area (Å²) in [5.74, 6) is -0.0133. The van der Waals surface area contributed by atoms with Gasteiger partial charge in [-0.1, -0.05) is 6.07 Å². The van der Waals surface area contributed by atoms with Crippen LogP contribution in [0.25, 0.3) is 0 Å². The third-order valence-electron chi connectivity index (χ3n) is 4.08. The van der Waals surface area contributed by atoms with Crippen LogP contribution in [0.5, 0.6) is 5.75 Å². The number of phenols is 1. The molecule has 1 fully saturated rings. The molecule has 24 heavy (non-hydrogen) atoms. The molecule has 1 aliphatic heterocycles. The molecule has 132 valence electrons. The average molecular weight is 334 g/mol. The number of hydrogen-bond donors (Lipinski definition) is 1. The Morgan fingerprint density at radius 1 is 1.25 bits per heavy atom. The number of phenolic OH excluding ortho intramolecular Hbond substituents is 1. The molecule has 0 saturated carbocycles. The predicted molar refractivity (Wildman–Crippen MR) is 91.1 cm³/mol. The maximum Gasteiger partial charge on any atom is 0.410 e. The van der Waals surface area contributed by atoms with Crippen LogP contribution in [0.1, 0.15) is 43.6 Å². The summed E-state index contributed by atoms with van der Waals surface area (Å²) in [6.45, 7) is 10.4. The lowest BCUT2D eigenvalue weighted by atomic mass is 10.0. The van der Waals surface area contributed by atoms with Gasteiger partial charge >= 0.3 is 6.09 Å². The van der Waals surface area contributed by atoms with Gasteiger partial charge in [0.05, 0.1) is 0 Å². The van der Waals surface area contributed by atoms with Crippen molar-refractivity contribution in [1.29, 1.82) is 0 Å². The first-order valence-corrected chi connectivity index (χ1v) is 8.17. The Labute approximate surface area is 143 Å². The summed E-state index contributed by atoms with van der Waals surface area (Å²) in [4.78, 5) is 28.3. The smallest absolute Gasteiger partial charge is 0.410 e. The lowest BCUT2D eigenvalue weighted by molar-refractivity contribution is 0.00615. The van der Waals surface area contributed by atoms with E-state index < -0.39 is 5.60 Å². The predicted octanol–water partition coefficient (Wildman–Crippen LogP) is 2.78. The molecule has 1 saturated heterocycles. The highest BCUT2D eigenvalue weighted by atomic mass is 16.6. The summed E-state index contributed by atoms with van der Waals surface area (Å²) in [6.07, 6.45) is -0.352. The van der Waals surface area contributed by atoms with Crippen molar-refractivity contribution in [1.82, 2.24) is 9.80 Å². The molecule has 1 N–H and O–H groups in total. The first-order chi connectivity index (χ1) is 11.1. The molecule has 6 heteroatoms. The number of aromatic hydroxyl groups is 1. The Morgan fingerprint density at radius 3 is 2.50 bits per heavy atom. The fourth-order valence-corrected chi connectivity index (χ4v) is 2.76. The molecule has 2 amide bonds. The second-order valence-electron chi connectivity index (χ2n) is 7.22. The van der Waals surface area contributed by atoms with Gasteiger partial charge < -0.3 is 19.6 Å². The van der Waals surface area contributed by atoms with Crippen molar-refractivity contribution in [3.05, 3.63) is 29.3 Å². The van der Waals surface area contributed by atoms with E-state index in [1.807, 2.05) is 27.7 Å². The minimum absolute atomic E-state index is 0.112. The molecule has 0 aliphatic carbocycles. The van der Waals surface area contributed by atoms with Gasteiger partial charge in [-0.15, -0.1) is 0 Å². The Morgan fingerprint density at radius 2 is 1.92 bits per heavy atom. The lowest BCUT2D eigenvalue weighted by Gasteiger charge is -2.40. The third-order valence-corrected chi connectivity index (χ3v) is 4.08. The minimum Gasteiger partial charge on any atom is -0.508 e. The van der Waals surface area contributed by atoms with E-state index in [1.54, 1.807) is 34.9 Å². The fourth-order valence-electron chi connectivity index (χ4n) is 2.76. The Hall–Kier alpha value is -2.24. The van der Waals surface area contributed by atoms with Crippen LogP contribution in [0.4, 0.5) is 4.79 Å². The normalized spacial score (nSPS) is 18.5. The summed E-state index contributed by atoms with van der Waals surface area (Å²) < 4.78 is 5.39. The van der Waals surface area contributed by atoms with E-state index in [2.05, 4.69) is 0 Å². The van der Waals surface area contributed by atoms with E-state index in [4.69, 9.17) is 4.74 Å². The molecule has 0 radical (unpaired) electrons. The van der Waals surface area contributed by atoms with Gasteiger partial charge in [0, 0.05) is 36.8 Å². The number of nitrogens with zero attached hydrogens (tertiary/aromatic N) is 2. The van der Waals surface area contributed by atoms with Crippen LogP contribution in [0.2, 0.25) is 0 Å². The topological polar surface area (TPSA) is 70.1 Å². The van der Waals surface area contributed by atoms with E-state index in [-0.39, 0.29) is 23.8 Å². The molecule has 1 aromatic rings. The molecule has 0 aromatic heterocycles. The van der Waals surface area contributed by atoms with Crippen molar-refractivity contribution < 1.29 is 19.4 Å². The van der Waals surface area contributed by atoms with Gasteiger partial charge in [-0.05, 0) is 46.8 Å². The minimum atomic E-state index is -0.536. The largest absolute Gasteiger partial charge is 0.508 e. The third kappa shape index (κ3) is 3.99. The van der Waals surface area contributed by atoms with Gasteiger partial charge in [-0.25, -0.2) is 4.79 Å². The zero-order valence-corrected chi connectivity index (χ0v) is 15.0. The van der Waals surface area contributed by atoms with Crippen molar-refractivity contribution in [2.24, 2.45) is 0 Å². The van der Waals surface area contributed by atoms with Crippen molar-refractivity contribution >= 4 is 12.0 Å². The molecule has 1 heterocycles. The van der Waals surface area contributed by atoms with Crippen LogP contribution < -0.4 is 0 Å². The van der Waals surface area contributed by atoms with Crippen molar-refractivity contribution in [2.45, 2.75) is 46.3 Å². The van der Waals surface area contributed by atoms with Gasteiger partial charge in [-0.3, -0.25) is 4.79 Å². The number of carbonyl (C=O) groups is 2. The molecular formula is C18H26N2O4. The molecule has 0 spiro atoms. The van der Waals surface area contributed by atoms with Crippen LogP contribution in [-0.4, -0.2) is 58.2 Å². The average Bonchev–Trinajstić information content (AvgIpc) is 2.47. The number of rotatable bonds is 1. The van der Waals surface area contributed by atoms with Gasteiger partial charge in [0.15, 0.2) is 0 Å². The van der Waals surface area contributed by atoms with Crippen molar-refractivity contribution in [3.8, 4) is 5.75 Å². The number of carbonyl (C=O) groups excluding carboxylic acids is 2. The maximum absolute atomic E-state index is 12.8. The Bertz CT molecular complexity index is 636. The van der Waals surface area contributed by atoms with Gasteiger partial charge in [0.1, 0.15) is 11.4 Å². The number of piperazine rings is 1. The number of amides is 2. The summed E-state index contributed by atoms with van der Waals surface area (Å²) in [5, 5.41) is 9.80. The second kappa shape index (κ2) is 6.71. The highest BCUT2D eigenvalue weighted by molar-refractivity contribution is 5.96. The molecule has 0 bridgehead atoms. The quantitative estimate of drug-likeness (QED) is 0.857. The first-order valence-electron chi connectivity index (χ1n) is 8.17. The van der Waals surface area contributed by atoms with Gasteiger partial charge in [0.25, 0.3) is 5.91 Å². The van der Waals surface area contributed by atoms with E-state index in [0.717, 1.165) is 0 Å². The maximum atomic E-state index is 12.8. The summed E-state index contributed by atoms with van der Waals surface area (Å²) >= 11 is 0. The summed E-state index contributed by atoms with van der Waals surface area (Å²) in [5.41, 5.74) is 0.531. The molecule has 2 rings (SSSR count). The van der Waals surface area contributed by atoms with Gasteiger partial charge in [0.2, 0.25) is 0 Å². The van der Waals surface area contributed by atoms with Gasteiger partial charge in [-0.2, -0.15) is 0 Å². The van der Waals surface area contributed by atoms with Crippen LogP contribution in [0.3, 0.4) is 0 Å². The molecule has 1 aromatic carbocycles.